The van der Waals surface area contributed by atoms with Crippen molar-refractivity contribution in [3.05, 3.63) is 105 Å². The lowest BCUT2D eigenvalue weighted by Crippen LogP contribution is -2.29. The number of ketones is 1. The number of carbonyl (C=O) groups is 2. The summed E-state index contributed by atoms with van der Waals surface area (Å²) in [6, 6.07) is 18.6. The highest BCUT2D eigenvalue weighted by molar-refractivity contribution is 6.52. The number of hydrogen-bond acceptors (Lipinski definition) is 3. The Kier molecular flexibility index (Phi) is 5.61. The van der Waals surface area contributed by atoms with Crippen molar-refractivity contribution in [2.75, 3.05) is 4.90 Å². The first kappa shape index (κ1) is 21.2. The molecule has 0 aromatic heterocycles. The number of hydrogen-bond donors (Lipinski definition) is 1. The van der Waals surface area contributed by atoms with Crippen molar-refractivity contribution < 1.29 is 14.7 Å². The van der Waals surface area contributed by atoms with Crippen molar-refractivity contribution in [1.29, 1.82) is 0 Å². The van der Waals surface area contributed by atoms with Crippen LogP contribution in [0.5, 0.6) is 0 Å². The fourth-order valence-electron chi connectivity index (χ4n) is 3.76. The molecule has 1 heterocycles. The van der Waals surface area contributed by atoms with Gasteiger partial charge >= 0.3 is 0 Å². The average molecular weight is 452 g/mol. The predicted molar refractivity (Wildman–Crippen MR) is 124 cm³/mol. The van der Waals surface area contributed by atoms with E-state index in [4.69, 9.17) is 23.2 Å². The molecule has 1 amide bonds. The first-order valence-electron chi connectivity index (χ1n) is 9.67. The van der Waals surface area contributed by atoms with E-state index in [9.17, 15) is 14.7 Å². The average Bonchev–Trinajstić information content (AvgIpc) is 3.01. The maximum absolute atomic E-state index is 13.1. The first-order valence-corrected chi connectivity index (χ1v) is 10.4. The van der Waals surface area contributed by atoms with Crippen molar-refractivity contribution in [1.82, 2.24) is 0 Å². The summed E-state index contributed by atoms with van der Waals surface area (Å²) in [7, 11) is 0. The molecule has 1 aliphatic heterocycles. The second-order valence-electron chi connectivity index (χ2n) is 7.55. The van der Waals surface area contributed by atoms with E-state index in [0.717, 1.165) is 11.1 Å². The van der Waals surface area contributed by atoms with Crippen LogP contribution in [0.1, 0.15) is 28.3 Å². The van der Waals surface area contributed by atoms with Crippen molar-refractivity contribution in [2.45, 2.75) is 19.9 Å². The van der Waals surface area contributed by atoms with Gasteiger partial charge < -0.3 is 5.11 Å². The van der Waals surface area contributed by atoms with Gasteiger partial charge in [-0.25, -0.2) is 0 Å². The largest absolute Gasteiger partial charge is 0.507 e. The summed E-state index contributed by atoms with van der Waals surface area (Å²) in [5, 5.41) is 11.7. The summed E-state index contributed by atoms with van der Waals surface area (Å²) in [5.74, 6) is -1.71. The second kappa shape index (κ2) is 8.22. The third kappa shape index (κ3) is 3.85. The summed E-state index contributed by atoms with van der Waals surface area (Å²) in [5.41, 5.74) is 3.61. The number of carbonyl (C=O) groups excluding carboxylic acids is 2. The zero-order valence-electron chi connectivity index (χ0n) is 16.9. The van der Waals surface area contributed by atoms with E-state index in [1.165, 1.54) is 4.90 Å². The number of anilines is 1. The Balaban J connectivity index is 1.96. The molecule has 4 rings (SSSR count). The van der Waals surface area contributed by atoms with Gasteiger partial charge in [-0.15, -0.1) is 0 Å². The highest BCUT2D eigenvalue weighted by atomic mass is 35.5. The number of amides is 1. The summed E-state index contributed by atoms with van der Waals surface area (Å²) < 4.78 is 0. The quantitative estimate of drug-likeness (QED) is 0.291. The van der Waals surface area contributed by atoms with Gasteiger partial charge in [0.05, 0.1) is 21.7 Å². The Morgan fingerprint density at radius 1 is 0.871 bits per heavy atom. The highest BCUT2D eigenvalue weighted by Crippen LogP contribution is 2.43. The van der Waals surface area contributed by atoms with Crippen LogP contribution in [-0.2, 0) is 9.59 Å². The van der Waals surface area contributed by atoms with Crippen LogP contribution in [0.2, 0.25) is 10.0 Å². The maximum Gasteiger partial charge on any atom is 0.300 e. The lowest BCUT2D eigenvalue weighted by Gasteiger charge is -2.26. The number of halogens is 2. The van der Waals surface area contributed by atoms with Crippen LogP contribution in [-0.4, -0.2) is 16.8 Å². The molecule has 0 saturated carbocycles. The van der Waals surface area contributed by atoms with Crippen LogP contribution < -0.4 is 4.90 Å². The van der Waals surface area contributed by atoms with E-state index < -0.39 is 17.7 Å². The molecule has 1 atom stereocenters. The fraction of sp³-hybridized carbons (Fsp3) is 0.120. The van der Waals surface area contributed by atoms with E-state index >= 15 is 0 Å². The Labute approximate surface area is 190 Å². The fourth-order valence-corrected chi connectivity index (χ4v) is 4.05. The Bertz CT molecular complexity index is 1230. The van der Waals surface area contributed by atoms with Gasteiger partial charge in [-0.3, -0.25) is 14.5 Å². The number of aliphatic hydroxyl groups excluding tert-OH is 1. The van der Waals surface area contributed by atoms with Gasteiger partial charge in [-0.05, 0) is 37.6 Å². The SMILES string of the molecule is Cc1ccc(/C(O)=C2\C(=O)C(=O)N(c3ccc(Cl)c(Cl)c3)C2c2cccc(C)c2)cc1. The predicted octanol–water partition coefficient (Wildman–Crippen LogP) is 6.24. The molecule has 0 spiro atoms. The minimum Gasteiger partial charge on any atom is -0.507 e. The monoisotopic (exact) mass is 451 g/mol. The number of aryl methyl sites for hydroxylation is 2. The highest BCUT2D eigenvalue weighted by Gasteiger charge is 2.47. The zero-order valence-corrected chi connectivity index (χ0v) is 18.4. The number of nitrogens with zero attached hydrogens (tertiary/aromatic N) is 1. The number of rotatable bonds is 3. The summed E-state index contributed by atoms with van der Waals surface area (Å²) in [4.78, 5) is 27.6. The maximum atomic E-state index is 13.1. The van der Waals surface area contributed by atoms with Crippen molar-refractivity contribution in [3.63, 3.8) is 0 Å². The molecule has 1 saturated heterocycles. The van der Waals surface area contributed by atoms with Crippen LogP contribution in [0.4, 0.5) is 5.69 Å². The van der Waals surface area contributed by atoms with Crippen LogP contribution in [0, 0.1) is 13.8 Å². The topological polar surface area (TPSA) is 57.6 Å². The standard InChI is InChI=1S/C25H19Cl2NO3/c1-14-6-8-16(9-7-14)23(29)21-22(17-5-3-4-15(2)12-17)28(25(31)24(21)30)18-10-11-19(26)20(27)13-18/h3-13,22,29H,1-2H3/b23-21+. The van der Waals surface area contributed by atoms with Crippen molar-refractivity contribution >= 4 is 46.3 Å². The molecular weight excluding hydrogens is 433 g/mol. The molecule has 3 aromatic carbocycles. The zero-order chi connectivity index (χ0) is 22.3. The molecule has 1 unspecified atom stereocenters. The first-order chi connectivity index (χ1) is 14.8. The number of Topliss-reactive ketones (excluding diaryl/α,β-unsaturated/α-hetero) is 1. The molecule has 4 nitrogen and oxygen atoms in total. The Morgan fingerprint density at radius 2 is 1.58 bits per heavy atom. The van der Waals surface area contributed by atoms with Crippen molar-refractivity contribution in [2.24, 2.45) is 0 Å². The molecule has 31 heavy (non-hydrogen) atoms. The van der Waals surface area contributed by atoms with Gasteiger partial charge in [0.15, 0.2) is 0 Å². The molecular formula is C25H19Cl2NO3. The van der Waals surface area contributed by atoms with E-state index in [2.05, 4.69) is 0 Å². The third-order valence-corrected chi connectivity index (χ3v) is 6.05. The number of aliphatic hydroxyl groups is 1. The number of benzene rings is 3. The minimum absolute atomic E-state index is 0.0329. The molecule has 0 radical (unpaired) electrons. The van der Waals surface area contributed by atoms with Gasteiger partial charge in [0.1, 0.15) is 5.76 Å². The Morgan fingerprint density at radius 3 is 2.23 bits per heavy atom. The molecule has 0 aliphatic carbocycles. The van der Waals surface area contributed by atoms with Gasteiger partial charge in [-0.1, -0.05) is 82.9 Å². The lowest BCUT2D eigenvalue weighted by atomic mass is 9.94. The van der Waals surface area contributed by atoms with Crippen LogP contribution in [0.3, 0.4) is 0 Å². The van der Waals surface area contributed by atoms with Crippen LogP contribution in [0.15, 0.2) is 72.3 Å². The van der Waals surface area contributed by atoms with Gasteiger partial charge in [-0.2, -0.15) is 0 Å². The molecule has 1 N–H and O–H groups in total. The minimum atomic E-state index is -0.807. The van der Waals surface area contributed by atoms with E-state index in [1.807, 2.05) is 50.2 Å². The second-order valence-corrected chi connectivity index (χ2v) is 8.36. The van der Waals surface area contributed by atoms with E-state index in [1.54, 1.807) is 30.3 Å². The summed E-state index contributed by atoms with van der Waals surface area (Å²) in [6.45, 7) is 3.86. The summed E-state index contributed by atoms with van der Waals surface area (Å²) in [6.07, 6.45) is 0. The van der Waals surface area contributed by atoms with Gasteiger partial charge in [0.25, 0.3) is 11.7 Å². The third-order valence-electron chi connectivity index (χ3n) is 5.31. The van der Waals surface area contributed by atoms with Crippen molar-refractivity contribution in [3.8, 4) is 0 Å². The van der Waals surface area contributed by atoms with Crippen LogP contribution in [0.25, 0.3) is 5.76 Å². The molecule has 3 aromatic rings. The summed E-state index contributed by atoms with van der Waals surface area (Å²) >= 11 is 12.2. The molecule has 1 fully saturated rings. The molecule has 0 bridgehead atoms. The lowest BCUT2D eigenvalue weighted by molar-refractivity contribution is -0.132. The normalized spacial score (nSPS) is 17.9. The molecule has 156 valence electrons. The molecule has 1 aliphatic rings. The van der Waals surface area contributed by atoms with Gasteiger partial charge in [0.2, 0.25) is 0 Å². The van der Waals surface area contributed by atoms with Crippen LogP contribution >= 0.6 is 23.2 Å². The molecule has 6 heteroatoms. The Hall–Kier alpha value is -3.08. The van der Waals surface area contributed by atoms with Gasteiger partial charge in [0, 0.05) is 11.3 Å². The smallest absolute Gasteiger partial charge is 0.300 e. The van der Waals surface area contributed by atoms with E-state index in [-0.39, 0.29) is 16.4 Å². The van der Waals surface area contributed by atoms with E-state index in [0.29, 0.717) is 21.8 Å².